The van der Waals surface area contributed by atoms with Crippen molar-refractivity contribution in [2.75, 3.05) is 23.5 Å². The molecule has 1 heterocycles. The van der Waals surface area contributed by atoms with E-state index in [4.69, 9.17) is 4.74 Å². The minimum Gasteiger partial charge on any atom is -0.497 e. The van der Waals surface area contributed by atoms with Crippen LogP contribution in [0.3, 0.4) is 0 Å². The third kappa shape index (κ3) is 5.41. The third-order valence-corrected chi connectivity index (χ3v) is 5.41. The van der Waals surface area contributed by atoms with Gasteiger partial charge in [0.25, 0.3) is 5.69 Å². The van der Waals surface area contributed by atoms with Crippen molar-refractivity contribution >= 4 is 51.2 Å². The van der Waals surface area contributed by atoms with Gasteiger partial charge in [-0.1, -0.05) is 23.1 Å². The van der Waals surface area contributed by atoms with E-state index in [1.54, 1.807) is 7.11 Å². The highest BCUT2D eigenvalue weighted by atomic mass is 32.2. The third-order valence-electron chi connectivity index (χ3n) is 3.44. The lowest BCUT2D eigenvalue weighted by atomic mass is 10.3. The Hall–Kier alpha value is -3.18. The lowest BCUT2D eigenvalue weighted by Crippen LogP contribution is -2.13. The van der Waals surface area contributed by atoms with Gasteiger partial charge in [0.1, 0.15) is 5.75 Å². The van der Waals surface area contributed by atoms with Crippen molar-refractivity contribution in [3.63, 3.8) is 0 Å². The molecule has 3 rings (SSSR count). The number of thioether (sulfide) groups is 1. The van der Waals surface area contributed by atoms with E-state index in [2.05, 4.69) is 20.8 Å². The number of anilines is 3. The van der Waals surface area contributed by atoms with Crippen LogP contribution in [0, 0.1) is 10.1 Å². The standard InChI is InChI=1S/C17H15N5O4S2/c1-26-14-8-4-12(5-9-14)19-16-20-21-17(28-16)27-10-15(23)18-11-2-6-13(7-3-11)22(24)25/h2-9H,10H2,1H3,(H,18,23)(H,19,20). The fourth-order valence-corrected chi connectivity index (χ4v) is 3.68. The number of benzene rings is 2. The monoisotopic (exact) mass is 417 g/mol. The highest BCUT2D eigenvalue weighted by Gasteiger charge is 2.10. The molecule has 144 valence electrons. The van der Waals surface area contributed by atoms with Gasteiger partial charge in [-0.15, -0.1) is 10.2 Å². The first kappa shape index (κ1) is 19.6. The van der Waals surface area contributed by atoms with E-state index in [1.165, 1.54) is 47.4 Å². The van der Waals surface area contributed by atoms with E-state index in [-0.39, 0.29) is 17.3 Å². The van der Waals surface area contributed by atoms with Crippen LogP contribution in [0.1, 0.15) is 0 Å². The van der Waals surface area contributed by atoms with Crippen molar-refractivity contribution in [3.8, 4) is 5.75 Å². The van der Waals surface area contributed by atoms with Crippen LogP contribution >= 0.6 is 23.1 Å². The number of rotatable bonds is 8. The van der Waals surface area contributed by atoms with E-state index in [0.29, 0.717) is 15.2 Å². The van der Waals surface area contributed by atoms with Gasteiger partial charge in [-0.05, 0) is 36.4 Å². The molecule has 0 spiro atoms. The maximum atomic E-state index is 12.0. The fourth-order valence-electron chi connectivity index (χ4n) is 2.11. The van der Waals surface area contributed by atoms with Gasteiger partial charge in [0.2, 0.25) is 11.0 Å². The molecule has 11 heteroatoms. The summed E-state index contributed by atoms with van der Waals surface area (Å²) in [5.41, 5.74) is 1.32. The van der Waals surface area contributed by atoms with E-state index in [9.17, 15) is 14.9 Å². The number of amides is 1. The van der Waals surface area contributed by atoms with Gasteiger partial charge in [0.05, 0.1) is 17.8 Å². The summed E-state index contributed by atoms with van der Waals surface area (Å²) in [6.45, 7) is 0. The van der Waals surface area contributed by atoms with E-state index < -0.39 is 4.92 Å². The van der Waals surface area contributed by atoms with E-state index in [1.807, 2.05) is 24.3 Å². The van der Waals surface area contributed by atoms with E-state index in [0.717, 1.165) is 11.4 Å². The molecule has 0 saturated carbocycles. The first-order chi connectivity index (χ1) is 13.5. The molecule has 0 saturated heterocycles. The van der Waals surface area contributed by atoms with Gasteiger partial charge >= 0.3 is 0 Å². The number of ether oxygens (including phenoxy) is 1. The Bertz CT molecular complexity index is 960. The molecule has 2 N–H and O–H groups in total. The van der Waals surface area contributed by atoms with Crippen molar-refractivity contribution in [2.24, 2.45) is 0 Å². The number of carbonyl (C=O) groups excluding carboxylic acids is 1. The zero-order valence-corrected chi connectivity index (χ0v) is 16.3. The number of non-ortho nitro benzene ring substituents is 1. The van der Waals surface area contributed by atoms with Gasteiger partial charge in [-0.25, -0.2) is 0 Å². The van der Waals surface area contributed by atoms with Crippen molar-refractivity contribution in [1.29, 1.82) is 0 Å². The summed E-state index contributed by atoms with van der Waals surface area (Å²) in [7, 11) is 1.61. The molecule has 0 radical (unpaired) electrons. The Labute approximate surface area is 168 Å². The molecule has 0 aliphatic carbocycles. The number of carbonyl (C=O) groups is 1. The van der Waals surface area contributed by atoms with Crippen molar-refractivity contribution in [1.82, 2.24) is 10.2 Å². The lowest BCUT2D eigenvalue weighted by Gasteiger charge is -2.04. The highest BCUT2D eigenvalue weighted by molar-refractivity contribution is 8.01. The van der Waals surface area contributed by atoms with Crippen LogP contribution in [0.4, 0.5) is 22.2 Å². The summed E-state index contributed by atoms with van der Waals surface area (Å²) in [5.74, 6) is 0.672. The number of hydrogen-bond acceptors (Lipinski definition) is 9. The quantitative estimate of drug-likeness (QED) is 0.321. The minimum atomic E-state index is -0.492. The molecule has 1 aromatic heterocycles. The predicted molar refractivity (Wildman–Crippen MR) is 109 cm³/mol. The first-order valence-corrected chi connectivity index (χ1v) is 9.75. The smallest absolute Gasteiger partial charge is 0.269 e. The van der Waals surface area contributed by atoms with Gasteiger partial charge in [-0.3, -0.25) is 14.9 Å². The predicted octanol–water partition coefficient (Wildman–Crippen LogP) is 3.93. The van der Waals surface area contributed by atoms with Gasteiger partial charge in [0.15, 0.2) is 4.34 Å². The number of nitrogens with one attached hydrogen (secondary N) is 2. The summed E-state index contributed by atoms with van der Waals surface area (Å²) in [6, 6.07) is 13.1. The summed E-state index contributed by atoms with van der Waals surface area (Å²) in [6.07, 6.45) is 0. The van der Waals surface area contributed by atoms with Crippen molar-refractivity contribution < 1.29 is 14.5 Å². The molecule has 1 amide bonds. The van der Waals surface area contributed by atoms with Crippen LogP contribution < -0.4 is 15.4 Å². The number of hydrogen-bond donors (Lipinski definition) is 2. The molecule has 0 atom stereocenters. The van der Waals surface area contributed by atoms with Gasteiger partial charge < -0.3 is 15.4 Å². The Morgan fingerprint density at radius 3 is 2.46 bits per heavy atom. The van der Waals surface area contributed by atoms with E-state index >= 15 is 0 Å². The number of nitrogens with zero attached hydrogens (tertiary/aromatic N) is 3. The average Bonchev–Trinajstić information content (AvgIpc) is 3.15. The Morgan fingerprint density at radius 2 is 1.82 bits per heavy atom. The zero-order chi connectivity index (χ0) is 19.9. The maximum absolute atomic E-state index is 12.0. The van der Waals surface area contributed by atoms with Crippen LogP contribution in [0.15, 0.2) is 52.9 Å². The van der Waals surface area contributed by atoms with Crippen LogP contribution in [0.5, 0.6) is 5.75 Å². The lowest BCUT2D eigenvalue weighted by molar-refractivity contribution is -0.384. The number of methoxy groups -OCH3 is 1. The Balaban J connectivity index is 1.49. The molecule has 0 bridgehead atoms. The second kappa shape index (κ2) is 9.15. The van der Waals surface area contributed by atoms with Gasteiger partial charge in [0, 0.05) is 23.5 Å². The summed E-state index contributed by atoms with van der Waals surface area (Å²) < 4.78 is 5.76. The Morgan fingerprint density at radius 1 is 1.14 bits per heavy atom. The highest BCUT2D eigenvalue weighted by Crippen LogP contribution is 2.28. The van der Waals surface area contributed by atoms with Crippen molar-refractivity contribution in [2.45, 2.75) is 4.34 Å². The summed E-state index contributed by atoms with van der Waals surface area (Å²) in [4.78, 5) is 22.2. The van der Waals surface area contributed by atoms with Crippen LogP contribution in [0.2, 0.25) is 0 Å². The average molecular weight is 417 g/mol. The summed E-state index contributed by atoms with van der Waals surface area (Å²) >= 11 is 2.59. The molecular formula is C17H15N5O4S2. The molecule has 0 aliphatic rings. The normalized spacial score (nSPS) is 10.3. The molecule has 0 unspecified atom stereocenters. The van der Waals surface area contributed by atoms with Gasteiger partial charge in [-0.2, -0.15) is 0 Å². The topological polar surface area (TPSA) is 119 Å². The number of aromatic nitrogens is 2. The first-order valence-electron chi connectivity index (χ1n) is 7.95. The zero-order valence-electron chi connectivity index (χ0n) is 14.6. The molecular weight excluding hydrogens is 402 g/mol. The fraction of sp³-hybridized carbons (Fsp3) is 0.118. The largest absolute Gasteiger partial charge is 0.497 e. The molecule has 9 nitrogen and oxygen atoms in total. The molecule has 0 aliphatic heterocycles. The molecule has 28 heavy (non-hydrogen) atoms. The number of nitro groups is 1. The summed E-state index contributed by atoms with van der Waals surface area (Å²) in [5, 5.41) is 25.2. The number of nitro benzene ring substituents is 1. The second-order valence-corrected chi connectivity index (χ2v) is 7.57. The SMILES string of the molecule is COc1ccc(Nc2nnc(SCC(=O)Nc3ccc([N+](=O)[O-])cc3)s2)cc1. The van der Waals surface area contributed by atoms with Crippen LogP contribution in [0.25, 0.3) is 0 Å². The Kier molecular flexibility index (Phi) is 6.40. The molecule has 0 fully saturated rings. The van der Waals surface area contributed by atoms with Crippen LogP contribution in [-0.2, 0) is 4.79 Å². The minimum absolute atomic E-state index is 0.0295. The second-order valence-electron chi connectivity index (χ2n) is 5.37. The van der Waals surface area contributed by atoms with Crippen molar-refractivity contribution in [3.05, 3.63) is 58.6 Å². The maximum Gasteiger partial charge on any atom is 0.269 e. The molecule has 2 aromatic carbocycles. The molecule has 3 aromatic rings. The van der Waals surface area contributed by atoms with Crippen LogP contribution in [-0.4, -0.2) is 33.9 Å².